The molecular weight excluding hydrogens is 344 g/mol. The molecule has 134 valence electrons. The number of nitrogens with one attached hydrogen (secondary N) is 1. The number of aromatic amines is 1. The molecule has 1 aromatic heterocycles. The van der Waals surface area contributed by atoms with E-state index in [9.17, 15) is 4.79 Å². The zero-order valence-corrected chi connectivity index (χ0v) is 16.0. The van der Waals surface area contributed by atoms with Crippen LogP contribution >= 0.6 is 11.8 Å². The van der Waals surface area contributed by atoms with Crippen molar-refractivity contribution in [2.24, 2.45) is 0 Å². The Morgan fingerprint density at radius 1 is 1.12 bits per heavy atom. The molecule has 5 nitrogen and oxygen atoms in total. The molecule has 6 heteroatoms. The van der Waals surface area contributed by atoms with Gasteiger partial charge in [-0.05, 0) is 32.9 Å². The minimum absolute atomic E-state index is 0.0397. The monoisotopic (exact) mass is 366 g/mol. The SMILES string of the molecule is Cc1ccc(-c2nc(SCC(=O)N(c3ccccc3)C(C)C)n[nH]2)cc1. The number of aryl methyl sites for hydroxylation is 1. The highest BCUT2D eigenvalue weighted by Crippen LogP contribution is 2.22. The van der Waals surface area contributed by atoms with Gasteiger partial charge in [0, 0.05) is 17.3 Å². The summed E-state index contributed by atoms with van der Waals surface area (Å²) in [7, 11) is 0. The molecule has 1 heterocycles. The number of rotatable bonds is 6. The van der Waals surface area contributed by atoms with Crippen LogP contribution in [0.25, 0.3) is 11.4 Å². The highest BCUT2D eigenvalue weighted by Gasteiger charge is 2.19. The topological polar surface area (TPSA) is 61.9 Å². The lowest BCUT2D eigenvalue weighted by atomic mass is 10.1. The Bertz CT molecular complexity index is 859. The van der Waals surface area contributed by atoms with E-state index in [0.717, 1.165) is 11.3 Å². The zero-order chi connectivity index (χ0) is 18.5. The third-order valence-corrected chi connectivity index (χ3v) is 4.77. The number of hydrogen-bond donors (Lipinski definition) is 1. The molecule has 1 N–H and O–H groups in total. The average molecular weight is 366 g/mol. The lowest BCUT2D eigenvalue weighted by Gasteiger charge is -2.26. The van der Waals surface area contributed by atoms with Gasteiger partial charge < -0.3 is 4.90 Å². The normalized spacial score (nSPS) is 10.9. The molecule has 0 aliphatic rings. The van der Waals surface area contributed by atoms with Crippen molar-refractivity contribution in [1.29, 1.82) is 0 Å². The lowest BCUT2D eigenvalue weighted by Crippen LogP contribution is -2.38. The van der Waals surface area contributed by atoms with Crippen molar-refractivity contribution in [2.75, 3.05) is 10.7 Å². The van der Waals surface area contributed by atoms with Gasteiger partial charge in [-0.2, -0.15) is 0 Å². The van der Waals surface area contributed by atoms with Crippen LogP contribution in [0.2, 0.25) is 0 Å². The molecule has 3 rings (SSSR count). The van der Waals surface area contributed by atoms with Gasteiger partial charge in [-0.1, -0.05) is 59.8 Å². The van der Waals surface area contributed by atoms with E-state index in [1.54, 1.807) is 4.90 Å². The van der Waals surface area contributed by atoms with Crippen molar-refractivity contribution in [3.63, 3.8) is 0 Å². The Morgan fingerprint density at radius 3 is 2.46 bits per heavy atom. The number of thioether (sulfide) groups is 1. The van der Waals surface area contributed by atoms with Crippen LogP contribution in [-0.4, -0.2) is 32.9 Å². The number of H-pyrrole nitrogens is 1. The van der Waals surface area contributed by atoms with Crippen molar-refractivity contribution < 1.29 is 4.79 Å². The average Bonchev–Trinajstić information content (AvgIpc) is 3.10. The Hall–Kier alpha value is -2.60. The number of hydrogen-bond acceptors (Lipinski definition) is 4. The van der Waals surface area contributed by atoms with Gasteiger partial charge in [0.1, 0.15) is 0 Å². The lowest BCUT2D eigenvalue weighted by molar-refractivity contribution is -0.116. The van der Waals surface area contributed by atoms with Crippen LogP contribution < -0.4 is 4.90 Å². The molecule has 26 heavy (non-hydrogen) atoms. The molecule has 0 unspecified atom stereocenters. The van der Waals surface area contributed by atoms with Crippen LogP contribution in [0.15, 0.2) is 59.8 Å². The number of nitrogens with zero attached hydrogens (tertiary/aromatic N) is 3. The Balaban J connectivity index is 1.66. The van der Waals surface area contributed by atoms with Crippen molar-refractivity contribution >= 4 is 23.4 Å². The van der Waals surface area contributed by atoms with Crippen LogP contribution in [0.3, 0.4) is 0 Å². The molecule has 0 atom stereocenters. The Kier molecular flexibility index (Phi) is 5.73. The Morgan fingerprint density at radius 2 is 1.81 bits per heavy atom. The number of para-hydroxylation sites is 1. The fraction of sp³-hybridized carbons (Fsp3) is 0.250. The number of aromatic nitrogens is 3. The number of benzene rings is 2. The summed E-state index contributed by atoms with van der Waals surface area (Å²) in [4.78, 5) is 19.0. The van der Waals surface area contributed by atoms with Gasteiger partial charge in [-0.3, -0.25) is 9.89 Å². The summed E-state index contributed by atoms with van der Waals surface area (Å²) >= 11 is 1.34. The van der Waals surface area contributed by atoms with Gasteiger partial charge >= 0.3 is 0 Å². The van der Waals surface area contributed by atoms with Gasteiger partial charge in [0.25, 0.3) is 0 Å². The molecule has 0 bridgehead atoms. The van der Waals surface area contributed by atoms with Gasteiger partial charge in [0.15, 0.2) is 5.82 Å². The number of carbonyl (C=O) groups is 1. The predicted molar refractivity (Wildman–Crippen MR) is 106 cm³/mol. The first-order valence-electron chi connectivity index (χ1n) is 8.54. The maximum atomic E-state index is 12.7. The summed E-state index contributed by atoms with van der Waals surface area (Å²) in [6.45, 7) is 6.07. The summed E-state index contributed by atoms with van der Waals surface area (Å²) in [6.07, 6.45) is 0. The molecule has 0 saturated carbocycles. The summed E-state index contributed by atoms with van der Waals surface area (Å²) in [5.74, 6) is 1.04. The van der Waals surface area contributed by atoms with Gasteiger partial charge in [0.2, 0.25) is 11.1 Å². The first-order chi connectivity index (χ1) is 12.5. The van der Waals surface area contributed by atoms with Crippen LogP contribution in [0.1, 0.15) is 19.4 Å². The summed E-state index contributed by atoms with van der Waals surface area (Å²) in [5.41, 5.74) is 3.08. The first kappa shape index (κ1) is 18.2. The molecule has 0 saturated heterocycles. The maximum absolute atomic E-state index is 12.7. The summed E-state index contributed by atoms with van der Waals surface area (Å²) < 4.78 is 0. The molecule has 0 fully saturated rings. The molecule has 0 radical (unpaired) electrons. The third-order valence-electron chi connectivity index (χ3n) is 3.93. The van der Waals surface area contributed by atoms with Crippen molar-refractivity contribution in [2.45, 2.75) is 32.0 Å². The minimum Gasteiger partial charge on any atom is -0.309 e. The fourth-order valence-corrected chi connectivity index (χ4v) is 3.32. The van der Waals surface area contributed by atoms with E-state index in [0.29, 0.717) is 11.0 Å². The van der Waals surface area contributed by atoms with Gasteiger partial charge in [-0.25, -0.2) is 4.98 Å². The van der Waals surface area contributed by atoms with Crippen molar-refractivity contribution in [1.82, 2.24) is 15.2 Å². The zero-order valence-electron chi connectivity index (χ0n) is 15.1. The third kappa shape index (κ3) is 4.32. The van der Waals surface area contributed by atoms with Crippen molar-refractivity contribution in [3.8, 4) is 11.4 Å². The highest BCUT2D eigenvalue weighted by atomic mass is 32.2. The van der Waals surface area contributed by atoms with Gasteiger partial charge in [-0.15, -0.1) is 5.10 Å². The van der Waals surface area contributed by atoms with Crippen LogP contribution in [0.5, 0.6) is 0 Å². The minimum atomic E-state index is 0.0397. The second-order valence-corrected chi connectivity index (χ2v) is 7.26. The van der Waals surface area contributed by atoms with E-state index in [4.69, 9.17) is 0 Å². The smallest absolute Gasteiger partial charge is 0.237 e. The van der Waals surface area contributed by atoms with E-state index in [2.05, 4.69) is 15.2 Å². The van der Waals surface area contributed by atoms with Gasteiger partial charge in [0.05, 0.1) is 5.75 Å². The second-order valence-electron chi connectivity index (χ2n) is 6.31. The molecule has 0 spiro atoms. The molecule has 2 aromatic carbocycles. The molecule has 0 aliphatic heterocycles. The standard InChI is InChI=1S/C20H22N4OS/c1-14(2)24(17-7-5-4-6-8-17)18(25)13-26-20-21-19(22-23-20)16-11-9-15(3)10-12-16/h4-12,14H,13H2,1-3H3,(H,21,22,23). The van der Waals surface area contributed by atoms with E-state index < -0.39 is 0 Å². The summed E-state index contributed by atoms with van der Waals surface area (Å²) in [5, 5.41) is 7.74. The fourth-order valence-electron chi connectivity index (χ4n) is 2.67. The number of carbonyl (C=O) groups excluding carboxylic acids is 1. The number of amides is 1. The predicted octanol–water partition coefficient (Wildman–Crippen LogP) is 4.31. The molecule has 0 aliphatic carbocycles. The van der Waals surface area contributed by atoms with E-state index in [1.165, 1.54) is 17.3 Å². The van der Waals surface area contributed by atoms with Crippen molar-refractivity contribution in [3.05, 3.63) is 60.2 Å². The molecule has 1 amide bonds. The number of anilines is 1. The van der Waals surface area contributed by atoms with E-state index in [1.807, 2.05) is 75.4 Å². The Labute approximate surface area is 157 Å². The second kappa shape index (κ2) is 8.19. The highest BCUT2D eigenvalue weighted by molar-refractivity contribution is 7.99. The largest absolute Gasteiger partial charge is 0.309 e. The first-order valence-corrected chi connectivity index (χ1v) is 9.52. The van der Waals surface area contributed by atoms with Crippen LogP contribution in [-0.2, 0) is 4.79 Å². The maximum Gasteiger partial charge on any atom is 0.237 e. The van der Waals surface area contributed by atoms with Crippen LogP contribution in [0, 0.1) is 6.92 Å². The molecular formula is C20H22N4OS. The van der Waals surface area contributed by atoms with Crippen LogP contribution in [0.4, 0.5) is 5.69 Å². The molecule has 3 aromatic rings. The summed E-state index contributed by atoms with van der Waals surface area (Å²) in [6, 6.07) is 17.9. The quantitative estimate of drug-likeness (QED) is 0.660. The van der Waals surface area contributed by atoms with E-state index in [-0.39, 0.29) is 17.7 Å². The van der Waals surface area contributed by atoms with E-state index >= 15 is 0 Å².